The fourth-order valence-electron chi connectivity index (χ4n) is 3.28. The molecule has 1 aromatic carbocycles. The van der Waals surface area contributed by atoms with E-state index in [1.54, 1.807) is 0 Å². The summed E-state index contributed by atoms with van der Waals surface area (Å²) in [5, 5.41) is 11.1. The average molecular weight is 326 g/mol. The van der Waals surface area contributed by atoms with Gasteiger partial charge in [-0.15, -0.1) is 0 Å². The maximum Gasteiger partial charge on any atom is 0.0936 e. The standard InChI is InChI=1S/C16H24BrNO/c1-12-7-9-16(11-18,10-8-12)15(2,19)13-3-5-14(17)6-4-13/h3-6,12,19H,7-11,18H2,1-2H3. The Morgan fingerprint density at radius 1 is 1.32 bits per heavy atom. The first-order valence-corrected chi connectivity index (χ1v) is 7.89. The molecule has 0 bridgehead atoms. The van der Waals surface area contributed by atoms with Gasteiger partial charge in [0.1, 0.15) is 0 Å². The van der Waals surface area contributed by atoms with Crippen molar-refractivity contribution in [2.24, 2.45) is 17.1 Å². The Hall–Kier alpha value is -0.380. The quantitative estimate of drug-likeness (QED) is 0.887. The van der Waals surface area contributed by atoms with Gasteiger partial charge in [0.05, 0.1) is 5.60 Å². The predicted octanol–water partition coefficient (Wildman–Crippen LogP) is 3.81. The van der Waals surface area contributed by atoms with Crippen molar-refractivity contribution in [3.05, 3.63) is 34.3 Å². The Bertz CT molecular complexity index is 419. The molecule has 1 aliphatic carbocycles. The summed E-state index contributed by atoms with van der Waals surface area (Å²) in [6, 6.07) is 7.97. The van der Waals surface area contributed by atoms with E-state index in [2.05, 4.69) is 22.9 Å². The topological polar surface area (TPSA) is 46.2 Å². The van der Waals surface area contributed by atoms with Gasteiger partial charge < -0.3 is 10.8 Å². The minimum atomic E-state index is -0.859. The Balaban J connectivity index is 2.32. The molecule has 1 atom stereocenters. The van der Waals surface area contributed by atoms with E-state index in [0.717, 1.165) is 41.6 Å². The van der Waals surface area contributed by atoms with Crippen molar-refractivity contribution in [1.29, 1.82) is 0 Å². The molecule has 2 nitrogen and oxygen atoms in total. The normalized spacial score (nSPS) is 30.9. The van der Waals surface area contributed by atoms with Crippen molar-refractivity contribution >= 4 is 15.9 Å². The highest BCUT2D eigenvalue weighted by Crippen LogP contribution is 2.50. The molecule has 3 heteroatoms. The van der Waals surface area contributed by atoms with Crippen molar-refractivity contribution in [2.45, 2.75) is 45.1 Å². The van der Waals surface area contributed by atoms with E-state index in [4.69, 9.17) is 5.73 Å². The Morgan fingerprint density at radius 2 is 1.84 bits per heavy atom. The monoisotopic (exact) mass is 325 g/mol. The molecule has 1 aromatic rings. The summed E-state index contributed by atoms with van der Waals surface area (Å²) in [6.07, 6.45) is 4.33. The number of hydrogen-bond donors (Lipinski definition) is 2. The zero-order chi connectivity index (χ0) is 14.1. The van der Waals surface area contributed by atoms with Crippen molar-refractivity contribution < 1.29 is 5.11 Å². The fraction of sp³-hybridized carbons (Fsp3) is 0.625. The van der Waals surface area contributed by atoms with Crippen LogP contribution in [0.15, 0.2) is 28.7 Å². The number of halogens is 1. The molecule has 0 aliphatic heterocycles. The predicted molar refractivity (Wildman–Crippen MR) is 82.8 cm³/mol. The molecule has 0 aromatic heterocycles. The van der Waals surface area contributed by atoms with E-state index in [-0.39, 0.29) is 5.41 Å². The van der Waals surface area contributed by atoms with Gasteiger partial charge in [-0.3, -0.25) is 0 Å². The van der Waals surface area contributed by atoms with Crippen LogP contribution < -0.4 is 5.73 Å². The van der Waals surface area contributed by atoms with Crippen molar-refractivity contribution in [3.8, 4) is 0 Å². The van der Waals surface area contributed by atoms with E-state index in [9.17, 15) is 5.11 Å². The van der Waals surface area contributed by atoms with Gasteiger partial charge in [0, 0.05) is 16.4 Å². The van der Waals surface area contributed by atoms with E-state index in [1.165, 1.54) is 0 Å². The molecule has 1 unspecified atom stereocenters. The van der Waals surface area contributed by atoms with Crippen LogP contribution >= 0.6 is 15.9 Å². The number of benzene rings is 1. The van der Waals surface area contributed by atoms with Crippen LogP contribution in [0, 0.1) is 11.3 Å². The Morgan fingerprint density at radius 3 is 2.32 bits per heavy atom. The van der Waals surface area contributed by atoms with Crippen LogP contribution in [-0.2, 0) is 5.60 Å². The molecule has 0 radical (unpaired) electrons. The van der Waals surface area contributed by atoms with Gasteiger partial charge in [0.25, 0.3) is 0 Å². The molecule has 2 rings (SSSR count). The number of rotatable bonds is 3. The molecule has 0 heterocycles. The van der Waals surface area contributed by atoms with E-state index >= 15 is 0 Å². The van der Waals surface area contributed by atoms with Crippen LogP contribution in [0.3, 0.4) is 0 Å². The molecule has 0 amide bonds. The number of nitrogens with two attached hydrogens (primary N) is 1. The second-order valence-corrected chi connectivity index (χ2v) is 7.16. The SMILES string of the molecule is CC1CCC(CN)(C(C)(O)c2ccc(Br)cc2)CC1. The minimum Gasteiger partial charge on any atom is -0.385 e. The molecule has 1 fully saturated rings. The summed E-state index contributed by atoms with van der Waals surface area (Å²) >= 11 is 3.44. The minimum absolute atomic E-state index is 0.187. The molecular weight excluding hydrogens is 302 g/mol. The lowest BCUT2D eigenvalue weighted by molar-refractivity contribution is -0.0970. The second kappa shape index (κ2) is 5.55. The molecule has 3 N–H and O–H groups in total. The summed E-state index contributed by atoms with van der Waals surface area (Å²) in [5.41, 5.74) is 5.99. The van der Waals surface area contributed by atoms with E-state index < -0.39 is 5.60 Å². The summed E-state index contributed by atoms with van der Waals surface area (Å²) < 4.78 is 1.03. The summed E-state index contributed by atoms with van der Waals surface area (Å²) in [5.74, 6) is 0.750. The maximum absolute atomic E-state index is 11.1. The lowest BCUT2D eigenvalue weighted by atomic mass is 9.60. The Kier molecular flexibility index (Phi) is 4.38. The molecule has 106 valence electrons. The van der Waals surface area contributed by atoms with Crippen LogP contribution in [-0.4, -0.2) is 11.7 Å². The molecule has 0 spiro atoms. The molecule has 19 heavy (non-hydrogen) atoms. The first-order chi connectivity index (χ1) is 8.91. The van der Waals surface area contributed by atoms with Gasteiger partial charge in [-0.2, -0.15) is 0 Å². The molecule has 1 aliphatic rings. The summed E-state index contributed by atoms with van der Waals surface area (Å²) in [7, 11) is 0. The summed E-state index contributed by atoms with van der Waals surface area (Å²) in [6.45, 7) is 4.76. The van der Waals surface area contributed by atoms with Crippen LogP contribution in [0.2, 0.25) is 0 Å². The van der Waals surface area contributed by atoms with E-state index in [1.807, 2.05) is 31.2 Å². The maximum atomic E-state index is 11.1. The lowest BCUT2D eigenvalue weighted by Gasteiger charge is -2.49. The van der Waals surface area contributed by atoms with Gasteiger partial charge in [-0.1, -0.05) is 47.8 Å². The zero-order valence-corrected chi connectivity index (χ0v) is 13.4. The highest BCUT2D eigenvalue weighted by atomic mass is 79.9. The number of hydrogen-bond acceptors (Lipinski definition) is 2. The smallest absolute Gasteiger partial charge is 0.0936 e. The highest BCUT2D eigenvalue weighted by Gasteiger charge is 2.48. The third-order valence-electron chi connectivity index (χ3n) is 5.06. The van der Waals surface area contributed by atoms with Crippen molar-refractivity contribution in [1.82, 2.24) is 0 Å². The molecular formula is C16H24BrNO. The van der Waals surface area contributed by atoms with E-state index in [0.29, 0.717) is 6.54 Å². The van der Waals surface area contributed by atoms with Gasteiger partial charge in [0.15, 0.2) is 0 Å². The molecule has 0 saturated heterocycles. The van der Waals surface area contributed by atoms with Crippen LogP contribution in [0.25, 0.3) is 0 Å². The van der Waals surface area contributed by atoms with Gasteiger partial charge in [0.2, 0.25) is 0 Å². The third-order valence-corrected chi connectivity index (χ3v) is 5.59. The van der Waals surface area contributed by atoms with Gasteiger partial charge in [-0.25, -0.2) is 0 Å². The largest absolute Gasteiger partial charge is 0.385 e. The molecule has 1 saturated carbocycles. The highest BCUT2D eigenvalue weighted by molar-refractivity contribution is 9.10. The first-order valence-electron chi connectivity index (χ1n) is 7.10. The van der Waals surface area contributed by atoms with Crippen LogP contribution in [0.4, 0.5) is 0 Å². The lowest BCUT2D eigenvalue weighted by Crippen LogP contribution is -2.50. The summed E-state index contributed by atoms with van der Waals surface area (Å²) in [4.78, 5) is 0. The van der Waals surface area contributed by atoms with Crippen molar-refractivity contribution in [3.63, 3.8) is 0 Å². The second-order valence-electron chi connectivity index (χ2n) is 6.25. The van der Waals surface area contributed by atoms with Crippen LogP contribution in [0.5, 0.6) is 0 Å². The number of aliphatic hydroxyl groups is 1. The van der Waals surface area contributed by atoms with Gasteiger partial charge >= 0.3 is 0 Å². The zero-order valence-electron chi connectivity index (χ0n) is 11.8. The van der Waals surface area contributed by atoms with Crippen molar-refractivity contribution in [2.75, 3.05) is 6.54 Å². The third kappa shape index (κ3) is 2.74. The van der Waals surface area contributed by atoms with Crippen LogP contribution in [0.1, 0.15) is 45.1 Å². The fourth-order valence-corrected chi connectivity index (χ4v) is 3.55. The van der Waals surface area contributed by atoms with Gasteiger partial charge in [-0.05, 0) is 43.4 Å². The Labute approximate surface area is 124 Å². The average Bonchev–Trinajstić information content (AvgIpc) is 2.40. The first kappa shape index (κ1) is 15.0.